The van der Waals surface area contributed by atoms with Gasteiger partial charge in [-0.1, -0.05) is 11.6 Å². The Balaban J connectivity index is 2.24. The van der Waals surface area contributed by atoms with E-state index in [0.29, 0.717) is 11.5 Å². The quantitative estimate of drug-likeness (QED) is 0.622. The molecule has 132 valence electrons. The van der Waals surface area contributed by atoms with Gasteiger partial charge in [-0.15, -0.1) is 0 Å². The van der Waals surface area contributed by atoms with Gasteiger partial charge in [-0.3, -0.25) is 14.9 Å². The number of nitrogens with zero attached hydrogens (tertiary/aromatic N) is 1. The molecule has 2 aromatic carbocycles. The van der Waals surface area contributed by atoms with Crippen LogP contribution in [-0.4, -0.2) is 25.1 Å². The number of methoxy groups -OCH3 is 2. The summed E-state index contributed by atoms with van der Waals surface area (Å²) >= 11 is 5.99. The number of non-ortho nitro benzene ring substituents is 1. The molecule has 8 heteroatoms. The monoisotopic (exact) mass is 364 g/mol. The molecule has 0 radical (unpaired) electrons. The van der Waals surface area contributed by atoms with Crippen LogP contribution in [0.25, 0.3) is 0 Å². The van der Waals surface area contributed by atoms with Crippen molar-refractivity contribution < 1.29 is 19.2 Å². The molecule has 0 unspecified atom stereocenters. The summed E-state index contributed by atoms with van der Waals surface area (Å²) in [5.74, 6) is 0.783. The first-order valence-electron chi connectivity index (χ1n) is 7.34. The van der Waals surface area contributed by atoms with Crippen molar-refractivity contribution in [2.45, 2.75) is 13.0 Å². The van der Waals surface area contributed by atoms with Gasteiger partial charge in [-0.2, -0.15) is 0 Å². The number of nitro groups is 1. The number of rotatable bonds is 6. The average Bonchev–Trinajstić information content (AvgIpc) is 2.60. The van der Waals surface area contributed by atoms with Crippen LogP contribution < -0.4 is 14.8 Å². The molecule has 0 heterocycles. The standard InChI is InChI=1S/C17H17ClN2O5/c1-10(14-9-12(24-2)5-7-16(14)25-3)19-17(21)13-6-4-11(20(22)23)8-15(13)18/h4-10H,1-3H3,(H,19,21)/t10-/m1/s1. The lowest BCUT2D eigenvalue weighted by Crippen LogP contribution is -2.27. The largest absolute Gasteiger partial charge is 0.497 e. The minimum Gasteiger partial charge on any atom is -0.497 e. The fourth-order valence-corrected chi connectivity index (χ4v) is 2.59. The van der Waals surface area contributed by atoms with Crippen molar-refractivity contribution in [1.29, 1.82) is 0 Å². The van der Waals surface area contributed by atoms with Gasteiger partial charge in [0.25, 0.3) is 11.6 Å². The van der Waals surface area contributed by atoms with E-state index in [1.54, 1.807) is 32.2 Å². The molecule has 1 amide bonds. The molecular formula is C17H17ClN2O5. The molecule has 1 atom stereocenters. The molecule has 0 fully saturated rings. The van der Waals surface area contributed by atoms with Crippen LogP contribution in [0, 0.1) is 10.1 Å². The van der Waals surface area contributed by atoms with Crippen molar-refractivity contribution in [3.63, 3.8) is 0 Å². The van der Waals surface area contributed by atoms with E-state index >= 15 is 0 Å². The zero-order valence-electron chi connectivity index (χ0n) is 13.9. The third-order valence-corrected chi connectivity index (χ3v) is 3.97. The number of ether oxygens (including phenoxy) is 2. The number of amides is 1. The SMILES string of the molecule is COc1ccc(OC)c([C@@H](C)NC(=O)c2ccc([N+](=O)[O-])cc2Cl)c1. The van der Waals surface area contributed by atoms with Crippen molar-refractivity contribution in [1.82, 2.24) is 5.32 Å². The molecule has 0 spiro atoms. The van der Waals surface area contributed by atoms with Crippen LogP contribution in [0.3, 0.4) is 0 Å². The summed E-state index contributed by atoms with van der Waals surface area (Å²) in [7, 11) is 3.08. The highest BCUT2D eigenvalue weighted by Crippen LogP contribution is 2.30. The van der Waals surface area contributed by atoms with Gasteiger partial charge in [0.1, 0.15) is 11.5 Å². The summed E-state index contributed by atoms with van der Waals surface area (Å²) in [6, 6.07) is 8.57. The van der Waals surface area contributed by atoms with E-state index in [4.69, 9.17) is 21.1 Å². The fourth-order valence-electron chi connectivity index (χ4n) is 2.33. The molecule has 1 N–H and O–H groups in total. The van der Waals surface area contributed by atoms with Crippen LogP contribution in [-0.2, 0) is 0 Å². The van der Waals surface area contributed by atoms with Gasteiger partial charge in [-0.05, 0) is 31.2 Å². The zero-order chi connectivity index (χ0) is 18.6. The Hall–Kier alpha value is -2.80. The maximum atomic E-state index is 12.4. The van der Waals surface area contributed by atoms with Crippen LogP contribution in [0.15, 0.2) is 36.4 Å². The van der Waals surface area contributed by atoms with E-state index in [1.165, 1.54) is 19.2 Å². The number of nitro benzene ring substituents is 1. The smallest absolute Gasteiger partial charge is 0.270 e. The van der Waals surface area contributed by atoms with Crippen LogP contribution in [0.1, 0.15) is 28.9 Å². The molecule has 0 aliphatic rings. The first-order chi connectivity index (χ1) is 11.9. The van der Waals surface area contributed by atoms with E-state index in [0.717, 1.165) is 11.6 Å². The summed E-state index contributed by atoms with van der Waals surface area (Å²) in [6.07, 6.45) is 0. The number of nitrogens with one attached hydrogen (secondary N) is 1. The lowest BCUT2D eigenvalue weighted by atomic mass is 10.1. The number of hydrogen-bond donors (Lipinski definition) is 1. The highest BCUT2D eigenvalue weighted by Gasteiger charge is 2.19. The van der Waals surface area contributed by atoms with Gasteiger partial charge in [-0.25, -0.2) is 0 Å². The van der Waals surface area contributed by atoms with Gasteiger partial charge < -0.3 is 14.8 Å². The Morgan fingerprint density at radius 2 is 1.92 bits per heavy atom. The van der Waals surface area contributed by atoms with Crippen LogP contribution in [0.5, 0.6) is 11.5 Å². The molecule has 0 saturated carbocycles. The van der Waals surface area contributed by atoms with Crippen molar-refractivity contribution >= 4 is 23.2 Å². The molecule has 0 aliphatic carbocycles. The Bertz CT molecular complexity index is 810. The first kappa shape index (κ1) is 18.5. The molecule has 0 aromatic heterocycles. The highest BCUT2D eigenvalue weighted by atomic mass is 35.5. The van der Waals surface area contributed by atoms with Crippen LogP contribution >= 0.6 is 11.6 Å². The molecule has 2 aromatic rings. The number of carbonyl (C=O) groups is 1. The Morgan fingerprint density at radius 1 is 1.20 bits per heavy atom. The summed E-state index contributed by atoms with van der Waals surface area (Å²) < 4.78 is 10.5. The summed E-state index contributed by atoms with van der Waals surface area (Å²) in [5.41, 5.74) is 0.707. The molecule has 7 nitrogen and oxygen atoms in total. The normalized spacial score (nSPS) is 11.5. The van der Waals surface area contributed by atoms with Crippen molar-refractivity contribution in [3.8, 4) is 11.5 Å². The minimum atomic E-state index is -0.572. The minimum absolute atomic E-state index is 0.0107. The molecular weight excluding hydrogens is 348 g/mol. The van der Waals surface area contributed by atoms with Gasteiger partial charge in [0, 0.05) is 17.7 Å². The lowest BCUT2D eigenvalue weighted by Gasteiger charge is -2.18. The molecule has 0 bridgehead atoms. The lowest BCUT2D eigenvalue weighted by molar-refractivity contribution is -0.384. The van der Waals surface area contributed by atoms with Crippen molar-refractivity contribution in [2.24, 2.45) is 0 Å². The van der Waals surface area contributed by atoms with E-state index in [1.807, 2.05) is 0 Å². The number of benzene rings is 2. The topological polar surface area (TPSA) is 90.7 Å². The van der Waals surface area contributed by atoms with Crippen molar-refractivity contribution in [3.05, 3.63) is 62.7 Å². The van der Waals surface area contributed by atoms with Crippen molar-refractivity contribution in [2.75, 3.05) is 14.2 Å². The van der Waals surface area contributed by atoms with Gasteiger partial charge in [0.15, 0.2) is 0 Å². The molecule has 25 heavy (non-hydrogen) atoms. The number of halogens is 1. The van der Waals surface area contributed by atoms with Crippen LogP contribution in [0.4, 0.5) is 5.69 Å². The second-order valence-corrected chi connectivity index (χ2v) is 5.63. The highest BCUT2D eigenvalue weighted by molar-refractivity contribution is 6.34. The third kappa shape index (κ3) is 4.19. The maximum Gasteiger partial charge on any atom is 0.270 e. The van der Waals surface area contributed by atoms with E-state index < -0.39 is 16.9 Å². The van der Waals surface area contributed by atoms with Crippen LogP contribution in [0.2, 0.25) is 5.02 Å². The zero-order valence-corrected chi connectivity index (χ0v) is 14.7. The predicted molar refractivity (Wildman–Crippen MR) is 93.5 cm³/mol. The van der Waals surface area contributed by atoms with E-state index in [2.05, 4.69) is 5.32 Å². The van der Waals surface area contributed by atoms with Gasteiger partial charge >= 0.3 is 0 Å². The molecule has 2 rings (SSSR count). The van der Waals surface area contributed by atoms with Gasteiger partial charge in [0.2, 0.25) is 0 Å². The second kappa shape index (κ2) is 7.85. The maximum absolute atomic E-state index is 12.4. The molecule has 0 saturated heterocycles. The Kier molecular flexibility index (Phi) is 5.82. The predicted octanol–water partition coefficient (Wildman–Crippen LogP) is 3.76. The Labute approximate surface area is 149 Å². The van der Waals surface area contributed by atoms with E-state index in [-0.39, 0.29) is 16.3 Å². The van der Waals surface area contributed by atoms with Gasteiger partial charge in [0.05, 0.1) is 35.8 Å². The second-order valence-electron chi connectivity index (χ2n) is 5.22. The first-order valence-corrected chi connectivity index (χ1v) is 7.72. The molecule has 0 aliphatic heterocycles. The summed E-state index contributed by atoms with van der Waals surface area (Å²) in [5, 5.41) is 13.6. The average molecular weight is 365 g/mol. The third-order valence-electron chi connectivity index (χ3n) is 3.66. The number of carbonyl (C=O) groups excluding carboxylic acids is 1. The fraction of sp³-hybridized carbons (Fsp3) is 0.235. The summed E-state index contributed by atoms with van der Waals surface area (Å²) in [6.45, 7) is 1.79. The van der Waals surface area contributed by atoms with E-state index in [9.17, 15) is 14.9 Å². The number of hydrogen-bond acceptors (Lipinski definition) is 5. The Morgan fingerprint density at radius 3 is 2.48 bits per heavy atom. The summed E-state index contributed by atoms with van der Waals surface area (Å²) in [4.78, 5) is 22.6.